The van der Waals surface area contributed by atoms with Crippen molar-refractivity contribution in [3.05, 3.63) is 40.9 Å². The third-order valence-electron chi connectivity index (χ3n) is 3.28. The molecule has 0 unspecified atom stereocenters. The van der Waals surface area contributed by atoms with Crippen LogP contribution in [0.4, 0.5) is 5.95 Å². The molecule has 6 heteroatoms. The molecule has 0 aliphatic carbocycles. The van der Waals surface area contributed by atoms with E-state index in [4.69, 9.17) is 15.2 Å². The summed E-state index contributed by atoms with van der Waals surface area (Å²) < 4.78 is 13.3. The Hall–Kier alpha value is -2.21. The van der Waals surface area contributed by atoms with Gasteiger partial charge in [-0.05, 0) is 40.2 Å². The molecule has 0 aliphatic heterocycles. The van der Waals surface area contributed by atoms with Crippen LogP contribution in [0.2, 0.25) is 0 Å². The third kappa shape index (κ3) is 2.31. The van der Waals surface area contributed by atoms with Gasteiger partial charge in [-0.1, -0.05) is 0 Å². The summed E-state index contributed by atoms with van der Waals surface area (Å²) in [5.41, 5.74) is 8.65. The summed E-state index contributed by atoms with van der Waals surface area (Å²) in [6.45, 7) is 0. The highest BCUT2D eigenvalue weighted by atomic mass is 79.9. The van der Waals surface area contributed by atoms with Crippen LogP contribution in [0.25, 0.3) is 16.7 Å². The maximum Gasteiger partial charge on any atom is 0.205 e. The molecule has 0 saturated heterocycles. The molecule has 0 fully saturated rings. The minimum atomic E-state index is 0.409. The van der Waals surface area contributed by atoms with Gasteiger partial charge in [-0.2, -0.15) is 0 Å². The number of imidazole rings is 1. The van der Waals surface area contributed by atoms with Gasteiger partial charge >= 0.3 is 0 Å². The van der Waals surface area contributed by atoms with Gasteiger partial charge in [-0.3, -0.25) is 4.57 Å². The molecule has 0 atom stereocenters. The summed E-state index contributed by atoms with van der Waals surface area (Å²) in [4.78, 5) is 4.39. The Morgan fingerprint density at radius 1 is 1.05 bits per heavy atom. The number of nitrogen functional groups attached to an aromatic ring is 1. The first-order chi connectivity index (χ1) is 10.1. The van der Waals surface area contributed by atoms with E-state index >= 15 is 0 Å². The van der Waals surface area contributed by atoms with Crippen LogP contribution in [-0.2, 0) is 0 Å². The van der Waals surface area contributed by atoms with E-state index < -0.39 is 0 Å². The Balaban J connectivity index is 2.27. The second-order valence-electron chi connectivity index (χ2n) is 4.48. The van der Waals surface area contributed by atoms with E-state index in [9.17, 15) is 0 Å². The van der Waals surface area contributed by atoms with Crippen molar-refractivity contribution < 1.29 is 9.47 Å². The predicted octanol–water partition coefficient (Wildman–Crippen LogP) is 3.39. The number of anilines is 1. The molecule has 3 rings (SSSR count). The van der Waals surface area contributed by atoms with Crippen LogP contribution < -0.4 is 15.2 Å². The molecule has 3 aromatic rings. The fourth-order valence-corrected chi connectivity index (χ4v) is 2.67. The number of rotatable bonds is 3. The van der Waals surface area contributed by atoms with Crippen molar-refractivity contribution in [1.29, 1.82) is 0 Å². The number of aromatic nitrogens is 2. The Kier molecular flexibility index (Phi) is 3.47. The van der Waals surface area contributed by atoms with Crippen molar-refractivity contribution in [1.82, 2.24) is 9.55 Å². The van der Waals surface area contributed by atoms with Gasteiger partial charge in [0.1, 0.15) is 11.5 Å². The number of nitrogens with zero attached hydrogens (tertiary/aromatic N) is 2. The van der Waals surface area contributed by atoms with E-state index in [0.29, 0.717) is 5.95 Å². The topological polar surface area (TPSA) is 62.3 Å². The van der Waals surface area contributed by atoms with Crippen LogP contribution in [0.15, 0.2) is 40.9 Å². The molecular weight excluding hydrogens is 334 g/mol. The molecule has 2 aromatic carbocycles. The molecule has 1 aromatic heterocycles. The van der Waals surface area contributed by atoms with Crippen LogP contribution >= 0.6 is 15.9 Å². The summed E-state index contributed by atoms with van der Waals surface area (Å²) in [5, 5.41) is 0. The van der Waals surface area contributed by atoms with Crippen molar-refractivity contribution in [3.63, 3.8) is 0 Å². The van der Waals surface area contributed by atoms with Gasteiger partial charge < -0.3 is 15.2 Å². The first-order valence-corrected chi connectivity index (χ1v) is 7.09. The fraction of sp³-hybridized carbons (Fsp3) is 0.133. The largest absolute Gasteiger partial charge is 0.497 e. The zero-order valence-electron chi connectivity index (χ0n) is 11.6. The zero-order chi connectivity index (χ0) is 15.0. The highest BCUT2D eigenvalue weighted by Crippen LogP contribution is 2.32. The van der Waals surface area contributed by atoms with Gasteiger partial charge in [-0.15, -0.1) is 0 Å². The molecule has 0 aliphatic rings. The van der Waals surface area contributed by atoms with Gasteiger partial charge in [0.15, 0.2) is 0 Å². The predicted molar refractivity (Wildman–Crippen MR) is 86.3 cm³/mol. The van der Waals surface area contributed by atoms with E-state index in [2.05, 4.69) is 20.9 Å². The van der Waals surface area contributed by atoms with Crippen LogP contribution in [0, 0.1) is 0 Å². The normalized spacial score (nSPS) is 10.8. The monoisotopic (exact) mass is 347 g/mol. The average Bonchev–Trinajstić information content (AvgIpc) is 2.82. The third-order valence-corrected chi connectivity index (χ3v) is 3.95. The maximum atomic E-state index is 6.09. The first kappa shape index (κ1) is 13.8. The van der Waals surface area contributed by atoms with E-state index in [1.165, 1.54) is 0 Å². The van der Waals surface area contributed by atoms with Gasteiger partial charge in [0, 0.05) is 16.6 Å². The molecule has 5 nitrogen and oxygen atoms in total. The molecule has 1 heterocycles. The number of nitrogens with two attached hydrogens (primary N) is 1. The Labute approximate surface area is 130 Å². The molecular formula is C15H14BrN3O2. The van der Waals surface area contributed by atoms with Crippen molar-refractivity contribution in [3.8, 4) is 17.2 Å². The van der Waals surface area contributed by atoms with Crippen molar-refractivity contribution in [2.45, 2.75) is 0 Å². The number of halogens is 1. The molecule has 0 amide bonds. The SMILES string of the molecule is COc1ccc(Br)c(-n2c(N)nc3cc(OC)ccc32)c1. The van der Waals surface area contributed by atoms with E-state index in [1.54, 1.807) is 14.2 Å². The van der Waals surface area contributed by atoms with Crippen molar-refractivity contribution in [2.75, 3.05) is 20.0 Å². The maximum absolute atomic E-state index is 6.09. The first-order valence-electron chi connectivity index (χ1n) is 6.30. The number of hydrogen-bond acceptors (Lipinski definition) is 4. The van der Waals surface area contributed by atoms with Crippen LogP contribution in [0.1, 0.15) is 0 Å². The van der Waals surface area contributed by atoms with Gasteiger partial charge in [0.05, 0.1) is 30.9 Å². The quantitative estimate of drug-likeness (QED) is 0.788. The van der Waals surface area contributed by atoms with Crippen molar-refractivity contribution in [2.24, 2.45) is 0 Å². The average molecular weight is 348 g/mol. The van der Waals surface area contributed by atoms with Crippen LogP contribution in [-0.4, -0.2) is 23.8 Å². The number of fused-ring (bicyclic) bond motifs is 1. The molecule has 0 radical (unpaired) electrons. The Morgan fingerprint density at radius 3 is 2.43 bits per heavy atom. The van der Waals surface area contributed by atoms with E-state index in [0.717, 1.165) is 32.7 Å². The molecule has 2 N–H and O–H groups in total. The minimum absolute atomic E-state index is 0.409. The fourth-order valence-electron chi connectivity index (χ4n) is 2.25. The molecule has 0 saturated carbocycles. The smallest absolute Gasteiger partial charge is 0.205 e. The molecule has 21 heavy (non-hydrogen) atoms. The lowest BCUT2D eigenvalue weighted by Gasteiger charge is -2.11. The van der Waals surface area contributed by atoms with Gasteiger partial charge in [0.25, 0.3) is 0 Å². The van der Waals surface area contributed by atoms with E-state index in [1.807, 2.05) is 41.0 Å². The minimum Gasteiger partial charge on any atom is -0.497 e. The molecule has 0 spiro atoms. The lowest BCUT2D eigenvalue weighted by atomic mass is 10.2. The molecule has 0 bridgehead atoms. The van der Waals surface area contributed by atoms with E-state index in [-0.39, 0.29) is 0 Å². The number of benzene rings is 2. The number of methoxy groups -OCH3 is 2. The number of ether oxygens (including phenoxy) is 2. The highest BCUT2D eigenvalue weighted by Gasteiger charge is 2.14. The standard InChI is InChI=1S/C15H14BrN3O2/c1-20-9-4-6-13-12(7-9)18-15(17)19(13)14-8-10(21-2)3-5-11(14)16/h3-8H,1-2H3,(H2,17,18). The van der Waals surface area contributed by atoms with Gasteiger partial charge in [-0.25, -0.2) is 4.98 Å². The van der Waals surface area contributed by atoms with Crippen LogP contribution in [0.5, 0.6) is 11.5 Å². The summed E-state index contributed by atoms with van der Waals surface area (Å²) in [7, 11) is 3.26. The summed E-state index contributed by atoms with van der Waals surface area (Å²) in [6.07, 6.45) is 0. The lowest BCUT2D eigenvalue weighted by Crippen LogP contribution is -2.01. The Morgan fingerprint density at radius 2 is 1.71 bits per heavy atom. The summed E-state index contributed by atoms with van der Waals surface area (Å²) in [6, 6.07) is 11.4. The van der Waals surface area contributed by atoms with Gasteiger partial charge in [0.2, 0.25) is 5.95 Å². The zero-order valence-corrected chi connectivity index (χ0v) is 13.2. The van der Waals surface area contributed by atoms with Crippen LogP contribution in [0.3, 0.4) is 0 Å². The lowest BCUT2D eigenvalue weighted by molar-refractivity contribution is 0.414. The second kappa shape index (κ2) is 5.29. The Bertz CT molecular complexity index is 814. The second-order valence-corrected chi connectivity index (χ2v) is 5.33. The number of hydrogen-bond donors (Lipinski definition) is 1. The summed E-state index contributed by atoms with van der Waals surface area (Å²) in [5.74, 6) is 1.91. The van der Waals surface area contributed by atoms with Crippen molar-refractivity contribution >= 4 is 32.9 Å². The summed E-state index contributed by atoms with van der Waals surface area (Å²) >= 11 is 3.54. The highest BCUT2D eigenvalue weighted by molar-refractivity contribution is 9.10. The molecule has 108 valence electrons.